The molecule has 0 heterocycles. The van der Waals surface area contributed by atoms with Gasteiger partial charge >= 0.3 is 0 Å². The number of amides is 1. The lowest BCUT2D eigenvalue weighted by Crippen LogP contribution is -2.46. The Hall–Kier alpha value is -0.280. The van der Waals surface area contributed by atoms with Gasteiger partial charge in [0.25, 0.3) is 0 Å². The molecule has 4 heteroatoms. The van der Waals surface area contributed by atoms with Crippen LogP contribution >= 0.6 is 12.4 Å². The quantitative estimate of drug-likeness (QED) is 0.773. The van der Waals surface area contributed by atoms with Gasteiger partial charge in [0.1, 0.15) is 0 Å². The van der Waals surface area contributed by atoms with E-state index < -0.39 is 0 Å². The normalized spacial score (nSPS) is 20.7. The summed E-state index contributed by atoms with van der Waals surface area (Å²) in [6.07, 6.45) is 6.30. The summed E-state index contributed by atoms with van der Waals surface area (Å²) < 4.78 is 0. The van der Waals surface area contributed by atoms with Crippen LogP contribution in [0.5, 0.6) is 0 Å². The van der Waals surface area contributed by atoms with Gasteiger partial charge in [-0.25, -0.2) is 0 Å². The molecule has 0 aliphatic heterocycles. The van der Waals surface area contributed by atoms with Gasteiger partial charge in [-0.15, -0.1) is 12.4 Å². The van der Waals surface area contributed by atoms with Crippen LogP contribution in [0.3, 0.4) is 0 Å². The Labute approximate surface area is 111 Å². The summed E-state index contributed by atoms with van der Waals surface area (Å²) in [5.74, 6) is 0.0242. The molecule has 1 aliphatic rings. The van der Waals surface area contributed by atoms with E-state index >= 15 is 0 Å². The fourth-order valence-electron chi connectivity index (χ4n) is 2.40. The van der Waals surface area contributed by atoms with E-state index in [1.165, 1.54) is 32.1 Å². The molecule has 2 atom stereocenters. The topological polar surface area (TPSA) is 55.1 Å². The van der Waals surface area contributed by atoms with Crippen LogP contribution in [0.2, 0.25) is 0 Å². The largest absolute Gasteiger partial charge is 0.355 e. The van der Waals surface area contributed by atoms with Crippen LogP contribution in [-0.2, 0) is 4.79 Å². The van der Waals surface area contributed by atoms with Crippen molar-refractivity contribution in [2.45, 2.75) is 58.9 Å². The van der Waals surface area contributed by atoms with Crippen molar-refractivity contribution in [2.24, 2.45) is 17.1 Å². The fourth-order valence-corrected chi connectivity index (χ4v) is 2.40. The van der Waals surface area contributed by atoms with Crippen LogP contribution in [0.4, 0.5) is 0 Å². The lowest BCUT2D eigenvalue weighted by molar-refractivity contribution is -0.125. The second kappa shape index (κ2) is 7.22. The predicted octanol–water partition coefficient (Wildman–Crippen LogP) is 2.48. The number of carbonyl (C=O) groups excluding carboxylic acids is 1. The van der Waals surface area contributed by atoms with Crippen molar-refractivity contribution in [3.8, 4) is 0 Å². The minimum absolute atomic E-state index is 0. The number of nitrogens with one attached hydrogen (secondary N) is 1. The molecule has 0 aromatic rings. The maximum Gasteiger partial charge on any atom is 0.224 e. The van der Waals surface area contributed by atoms with Crippen LogP contribution in [0, 0.1) is 11.3 Å². The molecule has 1 amide bonds. The number of hydrogen-bond acceptors (Lipinski definition) is 2. The molecule has 3 nitrogen and oxygen atoms in total. The van der Waals surface area contributed by atoms with Gasteiger partial charge in [-0.1, -0.05) is 26.7 Å². The van der Waals surface area contributed by atoms with Gasteiger partial charge < -0.3 is 11.1 Å². The van der Waals surface area contributed by atoms with E-state index in [4.69, 9.17) is 5.73 Å². The first-order chi connectivity index (χ1) is 7.51. The van der Waals surface area contributed by atoms with Gasteiger partial charge in [0.05, 0.1) is 0 Å². The number of rotatable bonds is 6. The van der Waals surface area contributed by atoms with Gasteiger partial charge in [-0.05, 0) is 31.6 Å². The summed E-state index contributed by atoms with van der Waals surface area (Å²) in [5, 5.41) is 3.07. The minimum Gasteiger partial charge on any atom is -0.355 e. The molecule has 1 aliphatic carbocycles. The predicted molar refractivity (Wildman–Crippen MR) is 74.3 cm³/mol. The van der Waals surface area contributed by atoms with E-state index in [-0.39, 0.29) is 30.3 Å². The van der Waals surface area contributed by atoms with Gasteiger partial charge in [0.2, 0.25) is 5.91 Å². The monoisotopic (exact) mass is 262 g/mol. The smallest absolute Gasteiger partial charge is 0.224 e. The first-order valence-corrected chi connectivity index (χ1v) is 6.54. The first-order valence-electron chi connectivity index (χ1n) is 6.54. The molecule has 0 spiro atoms. The van der Waals surface area contributed by atoms with E-state index in [9.17, 15) is 4.79 Å². The van der Waals surface area contributed by atoms with Gasteiger partial charge in [0, 0.05) is 18.5 Å². The Bertz CT molecular complexity index is 240. The molecule has 0 radical (unpaired) electrons. The molecule has 3 N–H and O–H groups in total. The first kappa shape index (κ1) is 16.7. The SMILES string of the molecule is CCCC1(CNC(=O)C(C)C(C)N)CCC1.Cl. The summed E-state index contributed by atoms with van der Waals surface area (Å²) >= 11 is 0. The molecule has 102 valence electrons. The van der Waals surface area contributed by atoms with Gasteiger partial charge in [0.15, 0.2) is 0 Å². The third-order valence-corrected chi connectivity index (χ3v) is 4.03. The van der Waals surface area contributed by atoms with Crippen molar-refractivity contribution in [1.29, 1.82) is 0 Å². The molecule has 1 saturated carbocycles. The van der Waals surface area contributed by atoms with Crippen LogP contribution in [-0.4, -0.2) is 18.5 Å². The Balaban J connectivity index is 0.00000256. The van der Waals surface area contributed by atoms with Crippen molar-refractivity contribution in [2.75, 3.05) is 6.54 Å². The average Bonchev–Trinajstić information content (AvgIpc) is 2.20. The fraction of sp³-hybridized carbons (Fsp3) is 0.923. The zero-order valence-electron chi connectivity index (χ0n) is 11.3. The number of carbonyl (C=O) groups is 1. The maximum atomic E-state index is 11.8. The summed E-state index contributed by atoms with van der Waals surface area (Å²) in [6, 6.07) is -0.0662. The van der Waals surface area contributed by atoms with E-state index in [2.05, 4.69) is 12.2 Å². The second-order valence-electron chi connectivity index (χ2n) is 5.47. The highest BCUT2D eigenvalue weighted by atomic mass is 35.5. The highest BCUT2D eigenvalue weighted by Gasteiger charge is 2.36. The van der Waals surface area contributed by atoms with Crippen molar-refractivity contribution in [3.05, 3.63) is 0 Å². The second-order valence-corrected chi connectivity index (χ2v) is 5.47. The number of hydrogen-bond donors (Lipinski definition) is 2. The summed E-state index contributed by atoms with van der Waals surface area (Å²) in [6.45, 7) is 6.84. The molecule has 0 bridgehead atoms. The molecule has 0 aromatic heterocycles. The van der Waals surface area contributed by atoms with E-state index in [1.54, 1.807) is 0 Å². The van der Waals surface area contributed by atoms with E-state index in [1.807, 2.05) is 13.8 Å². The van der Waals surface area contributed by atoms with Crippen LogP contribution in [0.25, 0.3) is 0 Å². The lowest BCUT2D eigenvalue weighted by atomic mass is 9.66. The summed E-state index contributed by atoms with van der Waals surface area (Å²) in [5.41, 5.74) is 6.13. The number of nitrogens with two attached hydrogens (primary N) is 1. The highest BCUT2D eigenvalue weighted by molar-refractivity contribution is 5.85. The third kappa shape index (κ3) is 4.47. The molecular weight excluding hydrogens is 236 g/mol. The van der Waals surface area contributed by atoms with Crippen molar-refractivity contribution in [3.63, 3.8) is 0 Å². The highest BCUT2D eigenvalue weighted by Crippen LogP contribution is 2.44. The molecule has 0 saturated heterocycles. The zero-order valence-corrected chi connectivity index (χ0v) is 12.1. The molecule has 1 fully saturated rings. The van der Waals surface area contributed by atoms with Crippen LogP contribution < -0.4 is 11.1 Å². The van der Waals surface area contributed by atoms with E-state index in [0.717, 1.165) is 6.54 Å². The molecule has 0 aromatic carbocycles. The third-order valence-electron chi connectivity index (χ3n) is 4.03. The van der Waals surface area contributed by atoms with Crippen molar-refractivity contribution >= 4 is 18.3 Å². The molecular formula is C13H27ClN2O. The van der Waals surface area contributed by atoms with Crippen LogP contribution in [0.1, 0.15) is 52.9 Å². The van der Waals surface area contributed by atoms with Gasteiger partial charge in [-0.3, -0.25) is 4.79 Å². The van der Waals surface area contributed by atoms with Gasteiger partial charge in [-0.2, -0.15) is 0 Å². The van der Waals surface area contributed by atoms with Crippen molar-refractivity contribution < 1.29 is 4.79 Å². The van der Waals surface area contributed by atoms with E-state index in [0.29, 0.717) is 5.41 Å². The Kier molecular flexibility index (Phi) is 7.10. The Morgan fingerprint density at radius 3 is 2.35 bits per heavy atom. The van der Waals surface area contributed by atoms with Crippen molar-refractivity contribution in [1.82, 2.24) is 5.32 Å². The summed E-state index contributed by atoms with van der Waals surface area (Å²) in [4.78, 5) is 11.8. The molecule has 2 unspecified atom stereocenters. The molecule has 17 heavy (non-hydrogen) atoms. The van der Waals surface area contributed by atoms with Crippen LogP contribution in [0.15, 0.2) is 0 Å². The molecule has 1 rings (SSSR count). The summed E-state index contributed by atoms with van der Waals surface area (Å²) in [7, 11) is 0. The zero-order chi connectivity index (χ0) is 12.2. The lowest BCUT2D eigenvalue weighted by Gasteiger charge is -2.42. The minimum atomic E-state index is -0.0845. The number of halogens is 1. The Morgan fingerprint density at radius 1 is 1.41 bits per heavy atom. The average molecular weight is 263 g/mol. The Morgan fingerprint density at radius 2 is 2.00 bits per heavy atom. The standard InChI is InChI=1S/C13H26N2O.ClH/c1-4-6-13(7-5-8-13)9-15-12(16)10(2)11(3)14;/h10-11H,4-9,14H2,1-3H3,(H,15,16);1H. The maximum absolute atomic E-state index is 11.8.